The number of thiazole rings is 1. The van der Waals surface area contributed by atoms with Crippen LogP contribution in [-0.2, 0) is 11.3 Å². The average Bonchev–Trinajstić information content (AvgIpc) is 2.86. The molecule has 0 saturated heterocycles. The second-order valence-corrected chi connectivity index (χ2v) is 6.40. The Hall–Kier alpha value is -0.490. The number of aliphatic hydroxyl groups is 1. The summed E-state index contributed by atoms with van der Waals surface area (Å²) >= 11 is 1.63. The summed E-state index contributed by atoms with van der Waals surface area (Å²) in [7, 11) is 0. The molecule has 0 aliphatic heterocycles. The van der Waals surface area contributed by atoms with E-state index in [-0.39, 0.29) is 23.7 Å². The van der Waals surface area contributed by atoms with Gasteiger partial charge in [0.25, 0.3) is 0 Å². The highest BCUT2D eigenvalue weighted by molar-refractivity contribution is 7.09. The number of hydrogen-bond donors (Lipinski definition) is 2. The summed E-state index contributed by atoms with van der Waals surface area (Å²) in [4.78, 5) is 5.26. The SMILES string of the molecule is CCO[C@@H]1C[C@@](CO)(NCc2cncs2)C1(C)C. The quantitative estimate of drug-likeness (QED) is 0.827. The summed E-state index contributed by atoms with van der Waals surface area (Å²) in [6.07, 6.45) is 2.96. The van der Waals surface area contributed by atoms with Crippen LogP contribution in [0.25, 0.3) is 0 Å². The van der Waals surface area contributed by atoms with Gasteiger partial charge < -0.3 is 15.2 Å². The lowest BCUT2D eigenvalue weighted by atomic mass is 9.54. The first kappa shape index (κ1) is 13.9. The maximum absolute atomic E-state index is 9.76. The third-order valence-corrected chi connectivity index (χ3v) is 5.07. The molecule has 0 unspecified atom stereocenters. The second-order valence-electron chi connectivity index (χ2n) is 5.43. The molecular weight excluding hydrogens is 248 g/mol. The van der Waals surface area contributed by atoms with E-state index in [1.807, 2.05) is 18.6 Å². The van der Waals surface area contributed by atoms with Crippen molar-refractivity contribution >= 4 is 11.3 Å². The molecule has 1 saturated carbocycles. The van der Waals surface area contributed by atoms with E-state index in [4.69, 9.17) is 4.74 Å². The van der Waals surface area contributed by atoms with Crippen LogP contribution in [0.5, 0.6) is 0 Å². The van der Waals surface area contributed by atoms with Crippen molar-refractivity contribution in [1.82, 2.24) is 10.3 Å². The first-order chi connectivity index (χ1) is 8.55. The van der Waals surface area contributed by atoms with E-state index in [9.17, 15) is 5.11 Å². The fraction of sp³-hybridized carbons (Fsp3) is 0.769. The van der Waals surface area contributed by atoms with Gasteiger partial charge in [-0.25, -0.2) is 0 Å². The van der Waals surface area contributed by atoms with E-state index >= 15 is 0 Å². The highest BCUT2D eigenvalue weighted by Crippen LogP contribution is 2.51. The molecule has 0 aromatic carbocycles. The van der Waals surface area contributed by atoms with E-state index in [1.54, 1.807) is 11.3 Å². The van der Waals surface area contributed by atoms with Gasteiger partial charge in [0, 0.05) is 29.6 Å². The van der Waals surface area contributed by atoms with Gasteiger partial charge in [-0.15, -0.1) is 11.3 Å². The van der Waals surface area contributed by atoms with Crippen LogP contribution in [0.4, 0.5) is 0 Å². The molecule has 1 aromatic heterocycles. The largest absolute Gasteiger partial charge is 0.394 e. The fourth-order valence-electron chi connectivity index (χ4n) is 2.69. The maximum atomic E-state index is 9.76. The van der Waals surface area contributed by atoms with E-state index in [2.05, 4.69) is 24.1 Å². The first-order valence-electron chi connectivity index (χ1n) is 6.40. The Labute approximate surface area is 112 Å². The van der Waals surface area contributed by atoms with Crippen LogP contribution in [-0.4, -0.2) is 34.9 Å². The van der Waals surface area contributed by atoms with Gasteiger partial charge in [0.05, 0.1) is 23.8 Å². The molecule has 1 aliphatic carbocycles. The van der Waals surface area contributed by atoms with Gasteiger partial charge in [0.15, 0.2) is 0 Å². The van der Waals surface area contributed by atoms with Crippen molar-refractivity contribution in [2.45, 2.75) is 45.4 Å². The lowest BCUT2D eigenvalue weighted by Crippen LogP contribution is -2.73. The normalized spacial score (nSPS) is 30.1. The molecule has 1 aromatic rings. The van der Waals surface area contributed by atoms with Crippen LogP contribution in [0, 0.1) is 5.41 Å². The zero-order chi connectivity index (χ0) is 13.2. The Balaban J connectivity index is 2.00. The van der Waals surface area contributed by atoms with Gasteiger partial charge in [-0.2, -0.15) is 0 Å². The van der Waals surface area contributed by atoms with Crippen molar-refractivity contribution in [1.29, 1.82) is 0 Å². The number of ether oxygens (including phenoxy) is 1. The van der Waals surface area contributed by atoms with Crippen LogP contribution >= 0.6 is 11.3 Å². The summed E-state index contributed by atoms with van der Waals surface area (Å²) in [6.45, 7) is 7.96. The molecule has 1 heterocycles. The molecule has 2 N–H and O–H groups in total. The van der Waals surface area contributed by atoms with Crippen molar-refractivity contribution in [3.63, 3.8) is 0 Å². The Morgan fingerprint density at radius 1 is 1.61 bits per heavy atom. The van der Waals surface area contributed by atoms with Gasteiger partial charge in [-0.1, -0.05) is 13.8 Å². The summed E-state index contributed by atoms with van der Waals surface area (Å²) in [5.41, 5.74) is 1.54. The standard InChI is InChI=1S/C13H22N2O2S/c1-4-17-11-5-13(8-16,12(11,2)3)15-7-10-6-14-9-18-10/h6,9,11,15-16H,4-5,7-8H2,1-3H3/t11-,13+/m1/s1. The lowest BCUT2D eigenvalue weighted by molar-refractivity contribution is -0.177. The van der Waals surface area contributed by atoms with E-state index in [0.29, 0.717) is 0 Å². The van der Waals surface area contributed by atoms with Crippen molar-refractivity contribution in [2.24, 2.45) is 5.41 Å². The molecule has 18 heavy (non-hydrogen) atoms. The Kier molecular flexibility index (Phi) is 4.06. The molecule has 1 aliphatic rings. The van der Waals surface area contributed by atoms with Crippen molar-refractivity contribution < 1.29 is 9.84 Å². The van der Waals surface area contributed by atoms with Crippen LogP contribution in [0.15, 0.2) is 11.7 Å². The third-order valence-electron chi connectivity index (χ3n) is 4.29. The molecular formula is C13H22N2O2S. The highest BCUT2D eigenvalue weighted by atomic mass is 32.1. The Morgan fingerprint density at radius 3 is 2.89 bits per heavy atom. The summed E-state index contributed by atoms with van der Waals surface area (Å²) in [6, 6.07) is 0. The van der Waals surface area contributed by atoms with Gasteiger partial charge in [-0.05, 0) is 13.3 Å². The van der Waals surface area contributed by atoms with E-state index < -0.39 is 0 Å². The number of hydrogen-bond acceptors (Lipinski definition) is 5. The molecule has 0 bridgehead atoms. The number of rotatable bonds is 6. The summed E-state index contributed by atoms with van der Waals surface area (Å²) in [5.74, 6) is 0. The predicted octanol–water partition coefficient (Wildman–Crippen LogP) is 1.80. The van der Waals surface area contributed by atoms with Crippen LogP contribution in [0.3, 0.4) is 0 Å². The van der Waals surface area contributed by atoms with Crippen LogP contribution in [0.2, 0.25) is 0 Å². The molecule has 0 spiro atoms. The molecule has 0 amide bonds. The summed E-state index contributed by atoms with van der Waals surface area (Å²) < 4.78 is 5.73. The van der Waals surface area contributed by atoms with Gasteiger partial charge in [0.2, 0.25) is 0 Å². The van der Waals surface area contributed by atoms with Gasteiger partial charge in [0.1, 0.15) is 0 Å². The van der Waals surface area contributed by atoms with Crippen molar-refractivity contribution in [3.8, 4) is 0 Å². The Morgan fingerprint density at radius 2 is 2.39 bits per heavy atom. The van der Waals surface area contributed by atoms with Crippen molar-refractivity contribution in [2.75, 3.05) is 13.2 Å². The maximum Gasteiger partial charge on any atom is 0.0794 e. The lowest BCUT2D eigenvalue weighted by Gasteiger charge is -2.60. The molecule has 5 heteroatoms. The monoisotopic (exact) mass is 270 g/mol. The third kappa shape index (κ3) is 2.20. The van der Waals surface area contributed by atoms with Crippen molar-refractivity contribution in [3.05, 3.63) is 16.6 Å². The Bertz CT molecular complexity index is 380. The molecule has 4 nitrogen and oxygen atoms in total. The van der Waals surface area contributed by atoms with E-state index in [1.165, 1.54) is 4.88 Å². The number of aromatic nitrogens is 1. The molecule has 0 radical (unpaired) electrons. The zero-order valence-corrected chi connectivity index (χ0v) is 12.1. The van der Waals surface area contributed by atoms with Gasteiger partial charge >= 0.3 is 0 Å². The number of nitrogens with one attached hydrogen (secondary N) is 1. The number of aliphatic hydroxyl groups excluding tert-OH is 1. The first-order valence-corrected chi connectivity index (χ1v) is 7.28. The van der Waals surface area contributed by atoms with Gasteiger partial charge in [-0.3, -0.25) is 4.98 Å². The number of nitrogens with zero attached hydrogens (tertiary/aromatic N) is 1. The fourth-order valence-corrected chi connectivity index (χ4v) is 3.22. The smallest absolute Gasteiger partial charge is 0.0794 e. The second kappa shape index (κ2) is 5.25. The predicted molar refractivity (Wildman–Crippen MR) is 72.6 cm³/mol. The highest BCUT2D eigenvalue weighted by Gasteiger charge is 2.60. The van der Waals surface area contributed by atoms with Crippen LogP contribution in [0.1, 0.15) is 32.1 Å². The minimum Gasteiger partial charge on any atom is -0.394 e. The minimum atomic E-state index is -0.239. The molecule has 2 rings (SSSR count). The average molecular weight is 270 g/mol. The topological polar surface area (TPSA) is 54.4 Å². The van der Waals surface area contributed by atoms with E-state index in [0.717, 1.165) is 19.6 Å². The summed E-state index contributed by atoms with van der Waals surface area (Å²) in [5, 5.41) is 13.3. The molecule has 2 atom stereocenters. The van der Waals surface area contributed by atoms with Crippen LogP contribution < -0.4 is 5.32 Å². The zero-order valence-electron chi connectivity index (χ0n) is 11.3. The molecule has 1 fully saturated rings. The molecule has 102 valence electrons. The minimum absolute atomic E-state index is 0.0531.